The van der Waals surface area contributed by atoms with Crippen LogP contribution in [0.2, 0.25) is 0 Å². The Bertz CT molecular complexity index is 1300. The summed E-state index contributed by atoms with van der Waals surface area (Å²) in [6.07, 6.45) is 2.70. The van der Waals surface area contributed by atoms with Gasteiger partial charge in [0, 0.05) is 27.2 Å². The van der Waals surface area contributed by atoms with Gasteiger partial charge >= 0.3 is 0 Å². The van der Waals surface area contributed by atoms with E-state index in [-0.39, 0.29) is 33.8 Å². The number of sulfonamides is 2. The first-order valence-electron chi connectivity index (χ1n) is 11.2. The van der Waals surface area contributed by atoms with Crippen molar-refractivity contribution < 1.29 is 31.2 Å². The van der Waals surface area contributed by atoms with Gasteiger partial charge in [-0.05, 0) is 49.2 Å². The number of rotatable bonds is 10. The van der Waals surface area contributed by atoms with Crippen LogP contribution in [0.25, 0.3) is 0 Å². The van der Waals surface area contributed by atoms with E-state index in [0.29, 0.717) is 13.2 Å². The molecular formula is C23H30N4O7S2. The van der Waals surface area contributed by atoms with Crippen LogP contribution < -0.4 is 14.9 Å². The van der Waals surface area contributed by atoms with Crippen molar-refractivity contribution in [3.63, 3.8) is 0 Å². The summed E-state index contributed by atoms with van der Waals surface area (Å²) in [4.78, 5) is 25.5. The lowest BCUT2D eigenvalue weighted by atomic mass is 10.1. The number of carbonyl (C=O) groups is 2. The van der Waals surface area contributed by atoms with E-state index < -0.39 is 32.5 Å². The summed E-state index contributed by atoms with van der Waals surface area (Å²) in [5, 5.41) is 5.40. The predicted molar refractivity (Wildman–Crippen MR) is 136 cm³/mol. The zero-order valence-electron chi connectivity index (χ0n) is 20.3. The van der Waals surface area contributed by atoms with Crippen molar-refractivity contribution >= 4 is 43.2 Å². The molecule has 0 aromatic heterocycles. The Labute approximate surface area is 211 Å². The van der Waals surface area contributed by atoms with Gasteiger partial charge in [0.15, 0.2) is 0 Å². The second-order valence-corrected chi connectivity index (χ2v) is 12.5. The van der Waals surface area contributed by atoms with Crippen molar-refractivity contribution in [2.24, 2.45) is 0 Å². The molecule has 36 heavy (non-hydrogen) atoms. The Morgan fingerprint density at radius 1 is 1.03 bits per heavy atom. The van der Waals surface area contributed by atoms with Crippen LogP contribution in [0.5, 0.6) is 0 Å². The number of anilines is 2. The Morgan fingerprint density at radius 3 is 2.28 bits per heavy atom. The summed E-state index contributed by atoms with van der Waals surface area (Å²) in [5.74, 6) is -1.07. The molecule has 0 radical (unpaired) electrons. The van der Waals surface area contributed by atoms with Gasteiger partial charge in [-0.3, -0.25) is 13.9 Å². The van der Waals surface area contributed by atoms with E-state index in [1.807, 2.05) is 0 Å². The number of benzene rings is 2. The monoisotopic (exact) mass is 538 g/mol. The summed E-state index contributed by atoms with van der Waals surface area (Å²) in [6.45, 7) is 0.436. The van der Waals surface area contributed by atoms with E-state index >= 15 is 0 Å². The topological polar surface area (TPSA) is 142 Å². The van der Waals surface area contributed by atoms with Crippen molar-refractivity contribution in [1.29, 1.82) is 0 Å². The summed E-state index contributed by atoms with van der Waals surface area (Å²) in [6, 6.07) is 11.6. The number of para-hydroxylation sites is 1. The van der Waals surface area contributed by atoms with Crippen molar-refractivity contribution in [1.82, 2.24) is 9.62 Å². The Balaban J connectivity index is 1.74. The standard InChI is InChI=1S/C23H30N4O7S2/c1-26(2)36(32,33)19-12-10-17(11-13-19)27(35(3,30)31)16-22(28)25-21-9-5-4-8-20(21)23(29)24-15-18-7-6-14-34-18/h4-5,8-13,18H,6-7,14-16H2,1-3H3,(H,24,29)(H,25,28). The highest BCUT2D eigenvalue weighted by Gasteiger charge is 2.24. The minimum atomic E-state index is -3.90. The maximum Gasteiger partial charge on any atom is 0.253 e. The fourth-order valence-corrected chi connectivity index (χ4v) is 5.37. The van der Waals surface area contributed by atoms with Gasteiger partial charge in [-0.2, -0.15) is 0 Å². The number of hydrogen-bond donors (Lipinski definition) is 2. The molecule has 1 heterocycles. The third kappa shape index (κ3) is 6.81. The van der Waals surface area contributed by atoms with E-state index in [1.165, 1.54) is 38.4 Å². The number of carbonyl (C=O) groups excluding carboxylic acids is 2. The van der Waals surface area contributed by atoms with Crippen LogP contribution in [0, 0.1) is 0 Å². The quantitative estimate of drug-likeness (QED) is 0.464. The van der Waals surface area contributed by atoms with Crippen LogP contribution in [0.1, 0.15) is 23.2 Å². The maximum atomic E-state index is 12.8. The number of ether oxygens (including phenoxy) is 1. The van der Waals surface area contributed by atoms with Crippen LogP contribution in [0.3, 0.4) is 0 Å². The Kier molecular flexibility index (Phi) is 8.71. The van der Waals surface area contributed by atoms with Crippen molar-refractivity contribution in [3.8, 4) is 0 Å². The first kappa shape index (κ1) is 27.6. The second-order valence-electron chi connectivity index (χ2n) is 8.49. The minimum Gasteiger partial charge on any atom is -0.376 e. The lowest BCUT2D eigenvalue weighted by molar-refractivity contribution is -0.114. The molecule has 1 atom stereocenters. The fourth-order valence-electron chi connectivity index (χ4n) is 3.61. The second kappa shape index (κ2) is 11.4. The Hall–Kier alpha value is -3.00. The van der Waals surface area contributed by atoms with E-state index in [0.717, 1.165) is 27.7 Å². The molecule has 3 rings (SSSR count). The van der Waals surface area contributed by atoms with Crippen LogP contribution >= 0.6 is 0 Å². The van der Waals surface area contributed by atoms with E-state index in [1.54, 1.807) is 24.3 Å². The third-order valence-corrected chi connectivity index (χ3v) is 8.52. The number of nitrogens with zero attached hydrogens (tertiary/aromatic N) is 2. The van der Waals surface area contributed by atoms with Gasteiger partial charge in [0.2, 0.25) is 26.0 Å². The smallest absolute Gasteiger partial charge is 0.253 e. The first-order valence-corrected chi connectivity index (χ1v) is 14.5. The molecule has 11 nitrogen and oxygen atoms in total. The van der Waals surface area contributed by atoms with Crippen LogP contribution in [-0.4, -0.2) is 79.1 Å². The largest absolute Gasteiger partial charge is 0.376 e. The summed E-state index contributed by atoms with van der Waals surface area (Å²) in [5.41, 5.74) is 0.578. The molecule has 2 amide bonds. The highest BCUT2D eigenvalue weighted by molar-refractivity contribution is 7.92. The molecular weight excluding hydrogens is 508 g/mol. The number of nitrogens with one attached hydrogen (secondary N) is 2. The van der Waals surface area contributed by atoms with Crippen LogP contribution in [0.15, 0.2) is 53.4 Å². The lowest BCUT2D eigenvalue weighted by Gasteiger charge is -2.22. The molecule has 196 valence electrons. The summed E-state index contributed by atoms with van der Waals surface area (Å²) < 4.78 is 56.9. The van der Waals surface area contributed by atoms with E-state index in [9.17, 15) is 26.4 Å². The molecule has 1 aliphatic heterocycles. The summed E-state index contributed by atoms with van der Waals surface area (Å²) >= 11 is 0. The van der Waals surface area contributed by atoms with Gasteiger partial charge in [-0.15, -0.1) is 0 Å². The SMILES string of the molecule is CN(C)S(=O)(=O)c1ccc(N(CC(=O)Nc2ccccc2C(=O)NCC2CCCO2)S(C)(=O)=O)cc1. The van der Waals surface area contributed by atoms with Crippen molar-refractivity contribution in [2.75, 3.05) is 49.7 Å². The number of hydrogen-bond acceptors (Lipinski definition) is 7. The highest BCUT2D eigenvalue weighted by atomic mass is 32.2. The molecule has 13 heteroatoms. The normalized spacial score (nSPS) is 16.1. The molecule has 1 saturated heterocycles. The summed E-state index contributed by atoms with van der Waals surface area (Å²) in [7, 11) is -4.82. The van der Waals surface area contributed by atoms with Crippen molar-refractivity contribution in [3.05, 3.63) is 54.1 Å². The lowest BCUT2D eigenvalue weighted by Crippen LogP contribution is -2.38. The van der Waals surface area contributed by atoms with Crippen LogP contribution in [-0.2, 0) is 29.6 Å². The molecule has 0 aliphatic carbocycles. The molecule has 2 aromatic carbocycles. The Morgan fingerprint density at radius 2 is 1.69 bits per heavy atom. The van der Waals surface area contributed by atoms with Crippen molar-refractivity contribution in [2.45, 2.75) is 23.8 Å². The fraction of sp³-hybridized carbons (Fsp3) is 0.391. The highest BCUT2D eigenvalue weighted by Crippen LogP contribution is 2.22. The van der Waals surface area contributed by atoms with Crippen LogP contribution in [0.4, 0.5) is 11.4 Å². The first-order chi connectivity index (χ1) is 16.9. The van der Waals surface area contributed by atoms with Gasteiger partial charge in [-0.1, -0.05) is 12.1 Å². The molecule has 1 fully saturated rings. The van der Waals surface area contributed by atoms with Gasteiger partial charge in [0.1, 0.15) is 6.54 Å². The molecule has 2 aromatic rings. The zero-order valence-corrected chi connectivity index (χ0v) is 21.9. The number of amides is 2. The van der Waals surface area contributed by atoms with Gasteiger partial charge in [-0.25, -0.2) is 21.1 Å². The third-order valence-electron chi connectivity index (χ3n) is 5.55. The molecule has 1 aliphatic rings. The molecule has 1 unspecified atom stereocenters. The van der Waals surface area contributed by atoms with Gasteiger partial charge in [0.25, 0.3) is 5.91 Å². The molecule has 2 N–H and O–H groups in total. The minimum absolute atomic E-state index is 0.0166. The predicted octanol–water partition coefficient (Wildman–Crippen LogP) is 1.25. The molecule has 0 saturated carbocycles. The maximum absolute atomic E-state index is 12.8. The van der Waals surface area contributed by atoms with Gasteiger partial charge < -0.3 is 15.4 Å². The molecule has 0 bridgehead atoms. The van der Waals surface area contributed by atoms with E-state index in [4.69, 9.17) is 4.74 Å². The van der Waals surface area contributed by atoms with Gasteiger partial charge in [0.05, 0.1) is 34.2 Å². The van der Waals surface area contributed by atoms with E-state index in [2.05, 4.69) is 10.6 Å². The average molecular weight is 539 g/mol. The molecule has 0 spiro atoms. The average Bonchev–Trinajstić information content (AvgIpc) is 3.34. The zero-order chi connectivity index (χ0) is 26.5.